The lowest BCUT2D eigenvalue weighted by molar-refractivity contribution is 0.101. The van der Waals surface area contributed by atoms with Crippen molar-refractivity contribution in [3.63, 3.8) is 0 Å². The van der Waals surface area contributed by atoms with E-state index in [0.29, 0.717) is 0 Å². The summed E-state index contributed by atoms with van der Waals surface area (Å²) in [6.07, 6.45) is 1.37. The third-order valence-electron chi connectivity index (χ3n) is 2.15. The number of nitrogens with zero attached hydrogens (tertiary/aromatic N) is 1. The summed E-state index contributed by atoms with van der Waals surface area (Å²) >= 11 is 0. The van der Waals surface area contributed by atoms with Crippen molar-refractivity contribution in [3.8, 4) is 0 Å². The van der Waals surface area contributed by atoms with Crippen molar-refractivity contribution in [2.24, 2.45) is 0 Å². The highest BCUT2D eigenvalue weighted by molar-refractivity contribution is 6.02. The molecule has 0 unspecified atom stereocenters. The normalized spacial score (nSPS) is 10.1. The van der Waals surface area contributed by atoms with E-state index in [2.05, 4.69) is 15.0 Å². The van der Waals surface area contributed by atoms with E-state index in [1.807, 2.05) is 32.0 Å². The lowest BCUT2D eigenvalue weighted by Gasteiger charge is -2.05. The molecule has 0 aliphatic rings. The van der Waals surface area contributed by atoms with Crippen LogP contribution < -0.4 is 5.32 Å². The molecule has 1 aromatic heterocycles. The molecule has 16 heavy (non-hydrogen) atoms. The fourth-order valence-corrected chi connectivity index (χ4v) is 1.57. The molecule has 0 saturated heterocycles. The van der Waals surface area contributed by atoms with Gasteiger partial charge >= 0.3 is 0 Å². The van der Waals surface area contributed by atoms with Gasteiger partial charge in [-0.25, -0.2) is 0 Å². The molecule has 0 bridgehead atoms. The topological polar surface area (TPSA) is 55.1 Å². The summed E-state index contributed by atoms with van der Waals surface area (Å²) in [7, 11) is 0. The number of amides is 1. The van der Waals surface area contributed by atoms with Crippen LogP contribution in [0.2, 0.25) is 0 Å². The van der Waals surface area contributed by atoms with Gasteiger partial charge in [0.25, 0.3) is 5.91 Å². The number of nitrogens with one attached hydrogen (secondary N) is 1. The molecule has 1 amide bonds. The van der Waals surface area contributed by atoms with Crippen LogP contribution in [0, 0.1) is 13.8 Å². The Hall–Kier alpha value is -2.10. The highest BCUT2D eigenvalue weighted by Crippen LogP contribution is 2.14. The average Bonchev–Trinajstić information content (AvgIpc) is 2.68. The van der Waals surface area contributed by atoms with E-state index in [1.54, 1.807) is 0 Å². The number of anilines is 1. The Morgan fingerprint density at radius 2 is 1.94 bits per heavy atom. The number of aryl methyl sites for hydroxylation is 2. The number of carbonyl (C=O) groups excluding carboxylic acids is 1. The minimum atomic E-state index is -0.265. The maximum Gasteiger partial charge on any atom is 0.277 e. The molecule has 0 spiro atoms. The summed E-state index contributed by atoms with van der Waals surface area (Å²) in [5.74, 6) is -0.265. The van der Waals surface area contributed by atoms with Crippen LogP contribution in [0.15, 0.2) is 35.1 Å². The number of benzene rings is 1. The van der Waals surface area contributed by atoms with Crippen LogP contribution >= 0.6 is 0 Å². The summed E-state index contributed by atoms with van der Waals surface area (Å²) in [5.41, 5.74) is 3.26. The van der Waals surface area contributed by atoms with Crippen molar-refractivity contribution >= 4 is 11.6 Å². The monoisotopic (exact) mass is 216 g/mol. The molecular weight excluding hydrogens is 204 g/mol. The van der Waals surface area contributed by atoms with Gasteiger partial charge in [-0.2, -0.15) is 0 Å². The molecule has 0 atom stereocenters. The summed E-state index contributed by atoms with van der Waals surface area (Å²) < 4.78 is 4.61. The van der Waals surface area contributed by atoms with Crippen molar-refractivity contribution in [2.75, 3.05) is 5.32 Å². The zero-order valence-corrected chi connectivity index (χ0v) is 9.15. The second-order valence-corrected chi connectivity index (χ2v) is 3.72. The minimum Gasteiger partial charge on any atom is -0.364 e. The predicted octanol–water partition coefficient (Wildman–Crippen LogP) is 2.54. The number of hydrogen-bond acceptors (Lipinski definition) is 3. The molecule has 4 nitrogen and oxygen atoms in total. The molecule has 4 heteroatoms. The molecule has 0 aliphatic carbocycles. The van der Waals surface area contributed by atoms with Crippen LogP contribution in [0.3, 0.4) is 0 Å². The van der Waals surface area contributed by atoms with E-state index in [9.17, 15) is 4.79 Å². The zero-order valence-electron chi connectivity index (χ0n) is 9.15. The Morgan fingerprint density at radius 1 is 1.25 bits per heavy atom. The third kappa shape index (κ3) is 2.28. The van der Waals surface area contributed by atoms with Gasteiger partial charge in [0.05, 0.1) is 0 Å². The maximum atomic E-state index is 11.7. The standard InChI is InChI=1S/C12H12N2O2/c1-8-5-9(2)7-10(6-8)13-12(15)11-3-4-16-14-11/h3-7H,1-2H3,(H,13,15). The Labute approximate surface area is 93.3 Å². The van der Waals surface area contributed by atoms with Crippen LogP contribution in [0.1, 0.15) is 21.6 Å². The Morgan fingerprint density at radius 3 is 2.50 bits per heavy atom. The van der Waals surface area contributed by atoms with Gasteiger partial charge < -0.3 is 9.84 Å². The summed E-state index contributed by atoms with van der Waals surface area (Å²) in [6.45, 7) is 3.97. The van der Waals surface area contributed by atoms with E-state index >= 15 is 0 Å². The lowest BCUT2D eigenvalue weighted by atomic mass is 10.1. The van der Waals surface area contributed by atoms with Crippen LogP contribution in [0.25, 0.3) is 0 Å². The molecule has 0 saturated carbocycles. The number of aromatic nitrogens is 1. The van der Waals surface area contributed by atoms with Crippen molar-refractivity contribution in [1.82, 2.24) is 5.16 Å². The van der Waals surface area contributed by atoms with Crippen molar-refractivity contribution in [1.29, 1.82) is 0 Å². The Balaban J connectivity index is 2.18. The van der Waals surface area contributed by atoms with Gasteiger partial charge in [0, 0.05) is 11.8 Å². The smallest absolute Gasteiger partial charge is 0.277 e. The molecule has 0 aliphatic heterocycles. The van der Waals surface area contributed by atoms with E-state index in [-0.39, 0.29) is 11.6 Å². The van der Waals surface area contributed by atoms with Gasteiger partial charge in [0.1, 0.15) is 6.26 Å². The first kappa shape index (κ1) is 10.4. The fraction of sp³-hybridized carbons (Fsp3) is 0.167. The first-order valence-corrected chi connectivity index (χ1v) is 4.95. The van der Waals surface area contributed by atoms with Gasteiger partial charge in [-0.15, -0.1) is 0 Å². The predicted molar refractivity (Wildman–Crippen MR) is 60.4 cm³/mol. The van der Waals surface area contributed by atoms with E-state index < -0.39 is 0 Å². The first-order chi connectivity index (χ1) is 7.65. The second-order valence-electron chi connectivity index (χ2n) is 3.72. The molecule has 1 aromatic carbocycles. The van der Waals surface area contributed by atoms with Gasteiger partial charge in [-0.3, -0.25) is 4.79 Å². The van der Waals surface area contributed by atoms with Crippen LogP contribution in [-0.4, -0.2) is 11.1 Å². The Kier molecular flexibility index (Phi) is 2.72. The Bertz CT molecular complexity index is 483. The minimum absolute atomic E-state index is 0.265. The molecule has 0 radical (unpaired) electrons. The van der Waals surface area contributed by atoms with Gasteiger partial charge in [-0.05, 0) is 37.1 Å². The lowest BCUT2D eigenvalue weighted by Crippen LogP contribution is -2.12. The fourth-order valence-electron chi connectivity index (χ4n) is 1.57. The highest BCUT2D eigenvalue weighted by Gasteiger charge is 2.09. The second kappa shape index (κ2) is 4.18. The largest absolute Gasteiger partial charge is 0.364 e. The van der Waals surface area contributed by atoms with E-state index in [0.717, 1.165) is 16.8 Å². The van der Waals surface area contributed by atoms with Crippen LogP contribution in [0.4, 0.5) is 5.69 Å². The molecule has 82 valence electrons. The van der Waals surface area contributed by atoms with Crippen molar-refractivity contribution in [3.05, 3.63) is 47.3 Å². The van der Waals surface area contributed by atoms with Gasteiger partial charge in [-0.1, -0.05) is 11.2 Å². The summed E-state index contributed by atoms with van der Waals surface area (Å²) in [4.78, 5) is 11.7. The summed E-state index contributed by atoms with van der Waals surface area (Å²) in [5, 5.41) is 6.33. The number of hydrogen-bond donors (Lipinski definition) is 1. The van der Waals surface area contributed by atoms with Crippen molar-refractivity contribution < 1.29 is 9.32 Å². The average molecular weight is 216 g/mol. The molecule has 2 rings (SSSR count). The summed E-state index contributed by atoms with van der Waals surface area (Å²) in [6, 6.07) is 7.39. The van der Waals surface area contributed by atoms with Crippen LogP contribution in [0.5, 0.6) is 0 Å². The van der Waals surface area contributed by atoms with E-state index in [1.165, 1.54) is 12.3 Å². The molecule has 1 heterocycles. The molecule has 0 fully saturated rings. The number of carbonyl (C=O) groups is 1. The zero-order chi connectivity index (χ0) is 11.5. The van der Waals surface area contributed by atoms with Crippen molar-refractivity contribution in [2.45, 2.75) is 13.8 Å². The first-order valence-electron chi connectivity index (χ1n) is 4.95. The highest BCUT2D eigenvalue weighted by atomic mass is 16.5. The number of rotatable bonds is 2. The maximum absolute atomic E-state index is 11.7. The van der Waals surface area contributed by atoms with Gasteiger partial charge in [0.15, 0.2) is 5.69 Å². The van der Waals surface area contributed by atoms with Crippen LogP contribution in [-0.2, 0) is 0 Å². The van der Waals surface area contributed by atoms with E-state index in [4.69, 9.17) is 0 Å². The molecule has 1 N–H and O–H groups in total. The third-order valence-corrected chi connectivity index (χ3v) is 2.15. The molecular formula is C12H12N2O2. The SMILES string of the molecule is Cc1cc(C)cc(NC(=O)c2ccon2)c1. The quantitative estimate of drug-likeness (QED) is 0.839. The van der Waals surface area contributed by atoms with Gasteiger partial charge in [0.2, 0.25) is 0 Å². The molecule has 2 aromatic rings.